The zero-order valence-electron chi connectivity index (χ0n) is 12.4. The fourth-order valence-electron chi connectivity index (χ4n) is 2.32. The van der Waals surface area contributed by atoms with Gasteiger partial charge in [0.1, 0.15) is 0 Å². The van der Waals surface area contributed by atoms with Crippen LogP contribution in [-0.4, -0.2) is 61.6 Å². The Morgan fingerprint density at radius 3 is 2.86 bits per heavy atom. The maximum Gasteiger partial charge on any atom is 0.264 e. The molecule has 1 fully saturated rings. The van der Waals surface area contributed by atoms with Crippen molar-refractivity contribution in [2.45, 2.75) is 13.3 Å². The van der Waals surface area contributed by atoms with Gasteiger partial charge >= 0.3 is 0 Å². The third-order valence-electron chi connectivity index (χ3n) is 3.63. The summed E-state index contributed by atoms with van der Waals surface area (Å²) >= 11 is 1.47. The van der Waals surface area contributed by atoms with Crippen LogP contribution in [0.15, 0.2) is 11.4 Å². The van der Waals surface area contributed by atoms with E-state index < -0.39 is 0 Å². The van der Waals surface area contributed by atoms with Crippen molar-refractivity contribution >= 4 is 17.2 Å². The lowest BCUT2D eigenvalue weighted by molar-refractivity contribution is 0.0326. The summed E-state index contributed by atoms with van der Waals surface area (Å²) < 4.78 is 5.33. The number of carbonyl (C=O) groups excluding carboxylic acids is 1. The van der Waals surface area contributed by atoms with Gasteiger partial charge in [-0.15, -0.1) is 11.3 Å². The normalized spacial score (nSPS) is 15.6. The molecule has 0 aliphatic carbocycles. The molecule has 0 radical (unpaired) electrons. The van der Waals surface area contributed by atoms with Crippen LogP contribution in [0.4, 0.5) is 0 Å². The van der Waals surface area contributed by atoms with Gasteiger partial charge in [-0.25, -0.2) is 0 Å². The number of aryl methyl sites for hydroxylation is 1. The van der Waals surface area contributed by atoms with Crippen molar-refractivity contribution in [1.82, 2.24) is 9.80 Å². The van der Waals surface area contributed by atoms with E-state index in [1.54, 1.807) is 4.90 Å². The SMILES string of the molecule is Cc1ccsc1C(=O)N(CCC#N)CCN1CCOCC1. The lowest BCUT2D eigenvalue weighted by Crippen LogP contribution is -2.43. The van der Waals surface area contributed by atoms with E-state index >= 15 is 0 Å². The molecule has 0 bridgehead atoms. The number of hydrogen-bond donors (Lipinski definition) is 0. The molecule has 0 spiro atoms. The molecule has 0 saturated carbocycles. The van der Waals surface area contributed by atoms with E-state index in [-0.39, 0.29) is 5.91 Å². The standard InChI is InChI=1S/C15H21N3O2S/c1-13-3-12-21-14(13)15(19)18(5-2-4-16)7-6-17-8-10-20-11-9-17/h3,12H,2,5-11H2,1H3. The molecule has 21 heavy (non-hydrogen) atoms. The summed E-state index contributed by atoms with van der Waals surface area (Å²) in [7, 11) is 0. The van der Waals surface area contributed by atoms with Crippen LogP contribution in [0.25, 0.3) is 0 Å². The van der Waals surface area contributed by atoms with Crippen LogP contribution in [0, 0.1) is 18.3 Å². The number of ether oxygens (including phenoxy) is 1. The molecule has 1 aliphatic rings. The highest BCUT2D eigenvalue weighted by Crippen LogP contribution is 2.18. The van der Waals surface area contributed by atoms with E-state index in [0.29, 0.717) is 19.5 Å². The predicted octanol–water partition coefficient (Wildman–Crippen LogP) is 1.74. The maximum absolute atomic E-state index is 12.6. The van der Waals surface area contributed by atoms with Gasteiger partial charge in [-0.1, -0.05) is 0 Å². The zero-order valence-corrected chi connectivity index (χ0v) is 13.2. The Morgan fingerprint density at radius 1 is 1.48 bits per heavy atom. The average Bonchev–Trinajstić information content (AvgIpc) is 2.94. The summed E-state index contributed by atoms with van der Waals surface area (Å²) in [6.45, 7) is 7.30. The molecule has 2 rings (SSSR count). The van der Waals surface area contributed by atoms with E-state index in [1.807, 2.05) is 18.4 Å². The number of rotatable bonds is 6. The largest absolute Gasteiger partial charge is 0.379 e. The summed E-state index contributed by atoms with van der Waals surface area (Å²) in [5.41, 5.74) is 1.01. The first kappa shape index (κ1) is 16.0. The van der Waals surface area contributed by atoms with Crippen LogP contribution in [0.1, 0.15) is 21.7 Å². The number of nitrogens with zero attached hydrogens (tertiary/aromatic N) is 3. The van der Waals surface area contributed by atoms with E-state index in [9.17, 15) is 4.79 Å². The van der Waals surface area contributed by atoms with Crippen LogP contribution in [-0.2, 0) is 4.74 Å². The van der Waals surface area contributed by atoms with E-state index in [0.717, 1.165) is 43.3 Å². The Labute approximate surface area is 129 Å². The third-order valence-corrected chi connectivity index (χ3v) is 4.63. The molecular formula is C15H21N3O2S. The van der Waals surface area contributed by atoms with E-state index in [2.05, 4.69) is 11.0 Å². The minimum atomic E-state index is 0.0472. The van der Waals surface area contributed by atoms with Crippen molar-refractivity contribution < 1.29 is 9.53 Å². The molecule has 2 heterocycles. The highest BCUT2D eigenvalue weighted by atomic mass is 32.1. The number of morpholine rings is 1. The van der Waals surface area contributed by atoms with Crippen LogP contribution >= 0.6 is 11.3 Å². The van der Waals surface area contributed by atoms with Gasteiger partial charge in [-0.3, -0.25) is 9.69 Å². The topological polar surface area (TPSA) is 56.6 Å². The molecule has 114 valence electrons. The van der Waals surface area contributed by atoms with Crippen LogP contribution < -0.4 is 0 Å². The molecule has 1 amide bonds. The minimum Gasteiger partial charge on any atom is -0.379 e. The van der Waals surface area contributed by atoms with Gasteiger partial charge in [0.25, 0.3) is 5.91 Å². The van der Waals surface area contributed by atoms with E-state index in [4.69, 9.17) is 10.00 Å². The number of amides is 1. The Bertz CT molecular complexity index is 503. The zero-order chi connectivity index (χ0) is 15.1. The van der Waals surface area contributed by atoms with Crippen LogP contribution in [0.5, 0.6) is 0 Å². The molecule has 0 N–H and O–H groups in total. The number of nitriles is 1. The summed E-state index contributed by atoms with van der Waals surface area (Å²) in [6, 6.07) is 4.09. The van der Waals surface area contributed by atoms with Gasteiger partial charge in [0, 0.05) is 32.7 Å². The second-order valence-electron chi connectivity index (χ2n) is 5.09. The monoisotopic (exact) mass is 307 g/mol. The number of carbonyl (C=O) groups is 1. The Hall–Kier alpha value is -1.42. The van der Waals surface area contributed by atoms with Gasteiger partial charge in [0.05, 0.1) is 30.6 Å². The van der Waals surface area contributed by atoms with Crippen molar-refractivity contribution in [2.75, 3.05) is 45.9 Å². The van der Waals surface area contributed by atoms with Crippen molar-refractivity contribution in [3.63, 3.8) is 0 Å². The second-order valence-corrected chi connectivity index (χ2v) is 6.00. The van der Waals surface area contributed by atoms with Gasteiger partial charge < -0.3 is 9.64 Å². The maximum atomic E-state index is 12.6. The molecule has 0 aromatic carbocycles. The molecule has 1 saturated heterocycles. The third kappa shape index (κ3) is 4.53. The fourth-order valence-corrected chi connectivity index (χ4v) is 3.21. The first-order valence-corrected chi connectivity index (χ1v) is 8.10. The second kappa shape index (κ2) is 8.13. The van der Waals surface area contributed by atoms with Crippen molar-refractivity contribution in [2.24, 2.45) is 0 Å². The molecule has 6 heteroatoms. The number of thiophene rings is 1. The van der Waals surface area contributed by atoms with Gasteiger partial charge in [0.2, 0.25) is 0 Å². The van der Waals surface area contributed by atoms with E-state index in [1.165, 1.54) is 11.3 Å². The molecule has 1 aromatic rings. The lowest BCUT2D eigenvalue weighted by Gasteiger charge is -2.29. The van der Waals surface area contributed by atoms with Gasteiger partial charge in [-0.05, 0) is 23.9 Å². The van der Waals surface area contributed by atoms with Crippen LogP contribution in [0.2, 0.25) is 0 Å². The summed E-state index contributed by atoms with van der Waals surface area (Å²) in [5, 5.41) is 10.7. The quantitative estimate of drug-likeness (QED) is 0.803. The summed E-state index contributed by atoms with van der Waals surface area (Å²) in [4.78, 5) is 17.5. The smallest absolute Gasteiger partial charge is 0.264 e. The molecule has 1 aromatic heterocycles. The Morgan fingerprint density at radius 2 is 2.24 bits per heavy atom. The fraction of sp³-hybridized carbons (Fsp3) is 0.600. The highest BCUT2D eigenvalue weighted by Gasteiger charge is 2.20. The molecule has 0 atom stereocenters. The molecular weight excluding hydrogens is 286 g/mol. The van der Waals surface area contributed by atoms with Crippen molar-refractivity contribution in [1.29, 1.82) is 5.26 Å². The Balaban J connectivity index is 1.95. The first-order valence-electron chi connectivity index (χ1n) is 7.23. The highest BCUT2D eigenvalue weighted by molar-refractivity contribution is 7.12. The molecule has 1 aliphatic heterocycles. The summed E-state index contributed by atoms with van der Waals surface area (Å²) in [6.07, 6.45) is 0.374. The Kier molecular flexibility index (Phi) is 6.18. The predicted molar refractivity (Wildman–Crippen MR) is 82.4 cm³/mol. The van der Waals surface area contributed by atoms with Gasteiger partial charge in [-0.2, -0.15) is 5.26 Å². The van der Waals surface area contributed by atoms with Gasteiger partial charge in [0.15, 0.2) is 0 Å². The average molecular weight is 307 g/mol. The lowest BCUT2D eigenvalue weighted by atomic mass is 10.2. The minimum absolute atomic E-state index is 0.0472. The van der Waals surface area contributed by atoms with Crippen molar-refractivity contribution in [3.05, 3.63) is 21.9 Å². The first-order chi connectivity index (χ1) is 10.2. The van der Waals surface area contributed by atoms with Crippen LogP contribution in [0.3, 0.4) is 0 Å². The number of hydrogen-bond acceptors (Lipinski definition) is 5. The molecule has 0 unspecified atom stereocenters. The summed E-state index contributed by atoms with van der Waals surface area (Å²) in [5.74, 6) is 0.0472. The van der Waals surface area contributed by atoms with Crippen molar-refractivity contribution in [3.8, 4) is 6.07 Å². The molecule has 5 nitrogen and oxygen atoms in total.